The smallest absolute Gasteiger partial charge is 0.236 e. The highest BCUT2D eigenvalue weighted by molar-refractivity contribution is 5.77. The van der Waals surface area contributed by atoms with Crippen molar-refractivity contribution in [3.63, 3.8) is 0 Å². The number of nitrogens with two attached hydrogens (primary N) is 1. The Kier molecular flexibility index (Phi) is 3.72. The van der Waals surface area contributed by atoms with Crippen LogP contribution < -0.4 is 15.2 Å². The number of amides is 1. The van der Waals surface area contributed by atoms with E-state index in [4.69, 9.17) is 15.2 Å². The van der Waals surface area contributed by atoms with Gasteiger partial charge >= 0.3 is 0 Å². The molecule has 0 unspecified atom stereocenters. The van der Waals surface area contributed by atoms with E-state index in [2.05, 4.69) is 0 Å². The predicted molar refractivity (Wildman–Crippen MR) is 67.7 cm³/mol. The zero-order valence-electron chi connectivity index (χ0n) is 10.7. The third kappa shape index (κ3) is 2.56. The molecule has 2 N–H and O–H groups in total. The summed E-state index contributed by atoms with van der Waals surface area (Å²) in [5.41, 5.74) is 7.46. The minimum Gasteiger partial charge on any atom is -0.486 e. The largest absolute Gasteiger partial charge is 0.486 e. The Labute approximate surface area is 106 Å². The van der Waals surface area contributed by atoms with Crippen molar-refractivity contribution in [1.82, 2.24) is 4.90 Å². The van der Waals surface area contributed by atoms with Gasteiger partial charge in [0, 0.05) is 13.6 Å². The number of rotatable bonds is 3. The van der Waals surface area contributed by atoms with Gasteiger partial charge in [0.25, 0.3) is 0 Å². The first-order valence-electron chi connectivity index (χ1n) is 5.95. The van der Waals surface area contributed by atoms with Crippen molar-refractivity contribution in [2.75, 3.05) is 26.8 Å². The minimum atomic E-state index is -0.0794. The highest BCUT2D eigenvalue weighted by Gasteiger charge is 2.16. The molecule has 1 aliphatic heterocycles. The van der Waals surface area contributed by atoms with Crippen molar-refractivity contribution in [1.29, 1.82) is 0 Å². The highest BCUT2D eigenvalue weighted by atomic mass is 16.6. The Balaban J connectivity index is 2.20. The van der Waals surface area contributed by atoms with Crippen LogP contribution in [0.2, 0.25) is 0 Å². The molecule has 0 saturated carbocycles. The van der Waals surface area contributed by atoms with Crippen molar-refractivity contribution in [2.45, 2.75) is 13.5 Å². The molecule has 0 aromatic heterocycles. The second-order valence-electron chi connectivity index (χ2n) is 4.38. The molecule has 0 radical (unpaired) electrons. The maximum Gasteiger partial charge on any atom is 0.236 e. The zero-order valence-corrected chi connectivity index (χ0v) is 10.7. The van der Waals surface area contributed by atoms with Crippen molar-refractivity contribution < 1.29 is 14.3 Å². The van der Waals surface area contributed by atoms with Gasteiger partial charge in [-0.1, -0.05) is 0 Å². The van der Waals surface area contributed by atoms with Crippen LogP contribution in [0, 0.1) is 6.92 Å². The normalized spacial score (nSPS) is 13.3. The van der Waals surface area contributed by atoms with E-state index in [0.717, 1.165) is 22.6 Å². The standard InChI is InChI=1S/C13H18N2O3/c1-9-5-11-12(18-4-3-17-11)6-10(9)8-15(2)13(16)7-14/h5-6H,3-4,7-8,14H2,1-2H3. The predicted octanol–water partition coefficient (Wildman–Crippen LogP) is 0.683. The average molecular weight is 250 g/mol. The van der Waals surface area contributed by atoms with Gasteiger partial charge < -0.3 is 20.1 Å². The fourth-order valence-corrected chi connectivity index (χ4v) is 1.90. The van der Waals surface area contributed by atoms with Crippen LogP contribution in [-0.2, 0) is 11.3 Å². The minimum absolute atomic E-state index is 0.0279. The lowest BCUT2D eigenvalue weighted by Crippen LogP contribution is -2.32. The first kappa shape index (κ1) is 12.7. The summed E-state index contributed by atoms with van der Waals surface area (Å²) in [6, 6.07) is 3.88. The molecule has 1 aromatic rings. The van der Waals surface area contributed by atoms with Gasteiger partial charge in [-0.15, -0.1) is 0 Å². The highest BCUT2D eigenvalue weighted by Crippen LogP contribution is 2.33. The molecular weight excluding hydrogens is 232 g/mol. The molecule has 0 fully saturated rings. The van der Waals surface area contributed by atoms with E-state index in [1.54, 1.807) is 11.9 Å². The molecule has 1 aliphatic rings. The van der Waals surface area contributed by atoms with E-state index in [1.165, 1.54) is 0 Å². The van der Waals surface area contributed by atoms with E-state index >= 15 is 0 Å². The second kappa shape index (κ2) is 5.27. The Morgan fingerprint density at radius 2 is 1.94 bits per heavy atom. The molecule has 0 aliphatic carbocycles. The molecule has 0 bridgehead atoms. The molecule has 5 heteroatoms. The molecule has 1 aromatic carbocycles. The molecular formula is C13H18N2O3. The fourth-order valence-electron chi connectivity index (χ4n) is 1.90. The molecule has 1 heterocycles. The maximum absolute atomic E-state index is 11.5. The first-order valence-corrected chi connectivity index (χ1v) is 5.95. The van der Waals surface area contributed by atoms with Crippen LogP contribution in [0.15, 0.2) is 12.1 Å². The number of ether oxygens (including phenoxy) is 2. The molecule has 18 heavy (non-hydrogen) atoms. The third-order valence-corrected chi connectivity index (χ3v) is 3.01. The summed E-state index contributed by atoms with van der Waals surface area (Å²) in [6.45, 7) is 3.69. The summed E-state index contributed by atoms with van der Waals surface area (Å²) in [4.78, 5) is 13.1. The summed E-state index contributed by atoms with van der Waals surface area (Å²) in [7, 11) is 1.74. The van der Waals surface area contributed by atoms with Gasteiger partial charge in [-0.3, -0.25) is 4.79 Å². The van der Waals surface area contributed by atoms with Crippen LogP contribution in [-0.4, -0.2) is 37.6 Å². The van der Waals surface area contributed by atoms with Crippen LogP contribution in [0.25, 0.3) is 0 Å². The number of fused-ring (bicyclic) bond motifs is 1. The van der Waals surface area contributed by atoms with Crippen molar-refractivity contribution >= 4 is 5.91 Å². The Bertz CT molecular complexity index is 460. The summed E-state index contributed by atoms with van der Waals surface area (Å²) in [5, 5.41) is 0. The van der Waals surface area contributed by atoms with Crippen LogP contribution in [0.4, 0.5) is 0 Å². The SMILES string of the molecule is Cc1cc2c(cc1CN(C)C(=O)CN)OCCO2. The van der Waals surface area contributed by atoms with E-state index in [0.29, 0.717) is 19.8 Å². The topological polar surface area (TPSA) is 64.8 Å². The van der Waals surface area contributed by atoms with Gasteiger partial charge in [-0.25, -0.2) is 0 Å². The molecule has 98 valence electrons. The van der Waals surface area contributed by atoms with Gasteiger partial charge in [0.15, 0.2) is 11.5 Å². The fraction of sp³-hybridized carbons (Fsp3) is 0.462. The van der Waals surface area contributed by atoms with Crippen molar-refractivity contribution in [2.24, 2.45) is 5.73 Å². The van der Waals surface area contributed by atoms with Gasteiger partial charge in [0.05, 0.1) is 6.54 Å². The average Bonchev–Trinajstić information content (AvgIpc) is 2.38. The lowest BCUT2D eigenvalue weighted by atomic mass is 10.1. The molecule has 0 saturated heterocycles. The molecule has 1 amide bonds. The lowest BCUT2D eigenvalue weighted by Gasteiger charge is -2.22. The second-order valence-corrected chi connectivity index (χ2v) is 4.38. The maximum atomic E-state index is 11.5. The number of nitrogens with zero attached hydrogens (tertiary/aromatic N) is 1. The van der Waals surface area contributed by atoms with Crippen LogP contribution >= 0.6 is 0 Å². The number of benzene rings is 1. The quantitative estimate of drug-likeness (QED) is 0.857. The zero-order chi connectivity index (χ0) is 13.1. The van der Waals surface area contributed by atoms with Crippen LogP contribution in [0.1, 0.15) is 11.1 Å². The summed E-state index contributed by atoms with van der Waals surface area (Å²) in [5.74, 6) is 1.44. The number of carbonyl (C=O) groups excluding carboxylic acids is 1. The van der Waals surface area contributed by atoms with Gasteiger partial charge in [0.1, 0.15) is 13.2 Å². The molecule has 5 nitrogen and oxygen atoms in total. The monoisotopic (exact) mass is 250 g/mol. The van der Waals surface area contributed by atoms with Gasteiger partial charge in [-0.2, -0.15) is 0 Å². The van der Waals surface area contributed by atoms with E-state index < -0.39 is 0 Å². The Morgan fingerprint density at radius 3 is 2.56 bits per heavy atom. The molecule has 0 atom stereocenters. The number of aryl methyl sites for hydroxylation is 1. The van der Waals surface area contributed by atoms with Gasteiger partial charge in [-0.05, 0) is 30.2 Å². The van der Waals surface area contributed by atoms with E-state index in [9.17, 15) is 4.79 Å². The van der Waals surface area contributed by atoms with Crippen LogP contribution in [0.3, 0.4) is 0 Å². The van der Waals surface area contributed by atoms with Gasteiger partial charge in [0.2, 0.25) is 5.91 Å². The van der Waals surface area contributed by atoms with E-state index in [-0.39, 0.29) is 12.5 Å². The Morgan fingerprint density at radius 1 is 1.33 bits per heavy atom. The van der Waals surface area contributed by atoms with Crippen LogP contribution in [0.5, 0.6) is 11.5 Å². The first-order chi connectivity index (χ1) is 8.61. The Hall–Kier alpha value is -1.75. The lowest BCUT2D eigenvalue weighted by molar-refractivity contribution is -0.128. The number of likely N-dealkylation sites (N-methyl/N-ethyl adjacent to an activating group) is 1. The van der Waals surface area contributed by atoms with Crippen molar-refractivity contribution in [3.05, 3.63) is 23.3 Å². The molecule has 2 rings (SSSR count). The summed E-state index contributed by atoms with van der Waals surface area (Å²) < 4.78 is 11.0. The number of hydrogen-bond donors (Lipinski definition) is 1. The third-order valence-electron chi connectivity index (χ3n) is 3.01. The molecule has 0 spiro atoms. The van der Waals surface area contributed by atoms with Crippen molar-refractivity contribution in [3.8, 4) is 11.5 Å². The number of hydrogen-bond acceptors (Lipinski definition) is 4. The summed E-state index contributed by atoms with van der Waals surface area (Å²) >= 11 is 0. The number of carbonyl (C=O) groups is 1. The summed E-state index contributed by atoms with van der Waals surface area (Å²) in [6.07, 6.45) is 0. The van der Waals surface area contributed by atoms with E-state index in [1.807, 2.05) is 19.1 Å².